The van der Waals surface area contributed by atoms with Crippen LogP contribution in [0.5, 0.6) is 5.75 Å². The lowest BCUT2D eigenvalue weighted by atomic mass is 9.80. The monoisotopic (exact) mass is 297 g/mol. The van der Waals surface area contributed by atoms with E-state index in [1.165, 1.54) is 19.3 Å². The van der Waals surface area contributed by atoms with Crippen molar-refractivity contribution in [2.75, 3.05) is 6.61 Å². The van der Waals surface area contributed by atoms with Crippen LogP contribution < -0.4 is 10.5 Å². The molecule has 0 saturated heterocycles. The average molecular weight is 298 g/mol. The Hall–Kier alpha value is -0.540. The highest BCUT2D eigenvalue weighted by Gasteiger charge is 2.26. The fraction of sp³-hybridized carbons (Fsp3) is 0.571. The highest BCUT2D eigenvalue weighted by atomic mass is 79.9. The molecule has 17 heavy (non-hydrogen) atoms. The zero-order valence-electron chi connectivity index (χ0n) is 10.1. The number of nitrogens with two attached hydrogens (primary N) is 1. The van der Waals surface area contributed by atoms with Gasteiger partial charge < -0.3 is 10.5 Å². The largest absolute Gasteiger partial charge is 0.494 e. The molecule has 1 aliphatic carbocycles. The molecule has 94 valence electrons. The number of benzene rings is 1. The molecule has 0 bridgehead atoms. The van der Waals surface area contributed by atoms with E-state index < -0.39 is 0 Å². The van der Waals surface area contributed by atoms with Gasteiger partial charge in [0.2, 0.25) is 0 Å². The molecule has 0 amide bonds. The minimum absolute atomic E-state index is 0.0214. The Morgan fingerprint density at radius 3 is 2.41 bits per heavy atom. The standard InChI is InChI=1S/C14H20BrNO/c15-12-4-6-13(7-5-12)17-11-10-14(16)8-2-1-3-9-14/h4-7H,1-3,8-11,16H2. The fourth-order valence-corrected chi connectivity index (χ4v) is 2.67. The Balaban J connectivity index is 1.77. The topological polar surface area (TPSA) is 35.2 Å². The third kappa shape index (κ3) is 4.00. The van der Waals surface area contributed by atoms with Gasteiger partial charge in [-0.05, 0) is 43.5 Å². The molecule has 0 heterocycles. The molecule has 0 atom stereocenters. The summed E-state index contributed by atoms with van der Waals surface area (Å²) in [7, 11) is 0. The zero-order valence-corrected chi connectivity index (χ0v) is 11.7. The number of halogens is 1. The van der Waals surface area contributed by atoms with Crippen LogP contribution in [0.25, 0.3) is 0 Å². The lowest BCUT2D eigenvalue weighted by molar-refractivity contribution is 0.214. The zero-order chi connectivity index (χ0) is 12.1. The van der Waals surface area contributed by atoms with Gasteiger partial charge in [-0.1, -0.05) is 35.2 Å². The SMILES string of the molecule is NC1(CCOc2ccc(Br)cc2)CCCCC1. The van der Waals surface area contributed by atoms with Crippen LogP contribution in [0.4, 0.5) is 0 Å². The summed E-state index contributed by atoms with van der Waals surface area (Å²) in [6, 6.07) is 7.95. The second kappa shape index (κ2) is 5.87. The predicted octanol–water partition coefficient (Wildman–Crippen LogP) is 3.88. The van der Waals surface area contributed by atoms with Gasteiger partial charge in [0.05, 0.1) is 6.61 Å². The van der Waals surface area contributed by atoms with Crippen molar-refractivity contribution < 1.29 is 4.74 Å². The quantitative estimate of drug-likeness (QED) is 0.915. The third-order valence-corrected chi connectivity index (χ3v) is 4.06. The van der Waals surface area contributed by atoms with Gasteiger partial charge in [-0.25, -0.2) is 0 Å². The van der Waals surface area contributed by atoms with Gasteiger partial charge in [0.25, 0.3) is 0 Å². The number of hydrogen-bond donors (Lipinski definition) is 1. The lowest BCUT2D eigenvalue weighted by Crippen LogP contribution is -2.42. The highest BCUT2D eigenvalue weighted by molar-refractivity contribution is 9.10. The molecule has 2 N–H and O–H groups in total. The van der Waals surface area contributed by atoms with E-state index in [1.54, 1.807) is 0 Å². The molecule has 0 spiro atoms. The van der Waals surface area contributed by atoms with Crippen molar-refractivity contribution in [3.05, 3.63) is 28.7 Å². The maximum absolute atomic E-state index is 6.36. The molecule has 0 radical (unpaired) electrons. The first-order chi connectivity index (χ1) is 8.18. The van der Waals surface area contributed by atoms with E-state index in [4.69, 9.17) is 10.5 Å². The number of hydrogen-bond acceptors (Lipinski definition) is 2. The highest BCUT2D eigenvalue weighted by Crippen LogP contribution is 2.28. The van der Waals surface area contributed by atoms with E-state index in [2.05, 4.69) is 15.9 Å². The first-order valence-corrected chi connectivity index (χ1v) is 7.15. The smallest absolute Gasteiger partial charge is 0.119 e. The second-order valence-electron chi connectivity index (χ2n) is 4.98. The summed E-state index contributed by atoms with van der Waals surface area (Å²) < 4.78 is 6.80. The third-order valence-electron chi connectivity index (χ3n) is 3.53. The molecule has 0 unspecified atom stereocenters. The summed E-state index contributed by atoms with van der Waals surface area (Å²) in [5, 5.41) is 0. The van der Waals surface area contributed by atoms with E-state index in [9.17, 15) is 0 Å². The van der Waals surface area contributed by atoms with Crippen LogP contribution in [0, 0.1) is 0 Å². The molecule has 2 rings (SSSR count). The van der Waals surface area contributed by atoms with E-state index in [0.717, 1.165) is 36.1 Å². The summed E-state index contributed by atoms with van der Waals surface area (Å²) in [5.74, 6) is 0.924. The van der Waals surface area contributed by atoms with Crippen molar-refractivity contribution in [1.29, 1.82) is 0 Å². The van der Waals surface area contributed by atoms with Gasteiger partial charge in [-0.15, -0.1) is 0 Å². The average Bonchev–Trinajstić information content (AvgIpc) is 2.32. The minimum Gasteiger partial charge on any atom is -0.494 e. The van der Waals surface area contributed by atoms with E-state index in [1.807, 2.05) is 24.3 Å². The Morgan fingerprint density at radius 2 is 1.76 bits per heavy atom. The molecule has 1 saturated carbocycles. The van der Waals surface area contributed by atoms with Crippen LogP contribution in [0.2, 0.25) is 0 Å². The Morgan fingerprint density at radius 1 is 1.12 bits per heavy atom. The molecule has 1 fully saturated rings. The predicted molar refractivity (Wildman–Crippen MR) is 74.3 cm³/mol. The summed E-state index contributed by atoms with van der Waals surface area (Å²) in [6.07, 6.45) is 7.15. The van der Waals surface area contributed by atoms with Crippen molar-refractivity contribution >= 4 is 15.9 Å². The van der Waals surface area contributed by atoms with Crippen molar-refractivity contribution in [3.8, 4) is 5.75 Å². The van der Waals surface area contributed by atoms with Crippen LogP contribution >= 0.6 is 15.9 Å². The maximum atomic E-state index is 6.36. The van der Waals surface area contributed by atoms with Gasteiger partial charge in [-0.2, -0.15) is 0 Å². The van der Waals surface area contributed by atoms with Crippen LogP contribution in [0.1, 0.15) is 38.5 Å². The number of rotatable bonds is 4. The Bertz CT molecular complexity index is 344. The van der Waals surface area contributed by atoms with Crippen LogP contribution in [0.3, 0.4) is 0 Å². The van der Waals surface area contributed by atoms with Crippen LogP contribution in [0.15, 0.2) is 28.7 Å². The minimum atomic E-state index is 0.0214. The van der Waals surface area contributed by atoms with E-state index in [0.29, 0.717) is 0 Å². The van der Waals surface area contributed by atoms with Crippen LogP contribution in [-0.2, 0) is 0 Å². The maximum Gasteiger partial charge on any atom is 0.119 e. The first-order valence-electron chi connectivity index (χ1n) is 6.35. The fourth-order valence-electron chi connectivity index (χ4n) is 2.41. The number of ether oxygens (including phenoxy) is 1. The Labute approximate surface area is 112 Å². The van der Waals surface area contributed by atoms with Gasteiger partial charge in [0, 0.05) is 10.0 Å². The molecule has 1 aliphatic rings. The van der Waals surface area contributed by atoms with E-state index >= 15 is 0 Å². The van der Waals surface area contributed by atoms with Gasteiger partial charge in [0.15, 0.2) is 0 Å². The van der Waals surface area contributed by atoms with Gasteiger partial charge in [0.1, 0.15) is 5.75 Å². The molecule has 3 heteroatoms. The van der Waals surface area contributed by atoms with Crippen molar-refractivity contribution in [2.24, 2.45) is 5.73 Å². The molecule has 0 aliphatic heterocycles. The first kappa shape index (κ1) is 12.9. The molecule has 2 nitrogen and oxygen atoms in total. The lowest BCUT2D eigenvalue weighted by Gasteiger charge is -2.33. The molecule has 0 aromatic heterocycles. The molecule has 1 aromatic rings. The van der Waals surface area contributed by atoms with Crippen molar-refractivity contribution in [2.45, 2.75) is 44.1 Å². The van der Waals surface area contributed by atoms with Gasteiger partial charge in [-0.3, -0.25) is 0 Å². The van der Waals surface area contributed by atoms with Crippen LogP contribution in [-0.4, -0.2) is 12.1 Å². The molecule has 1 aromatic carbocycles. The Kier molecular flexibility index (Phi) is 4.46. The van der Waals surface area contributed by atoms with Gasteiger partial charge >= 0.3 is 0 Å². The summed E-state index contributed by atoms with van der Waals surface area (Å²) in [4.78, 5) is 0. The summed E-state index contributed by atoms with van der Waals surface area (Å²) >= 11 is 3.41. The molecular formula is C14H20BrNO. The van der Waals surface area contributed by atoms with Crippen molar-refractivity contribution in [1.82, 2.24) is 0 Å². The summed E-state index contributed by atoms with van der Waals surface area (Å²) in [5.41, 5.74) is 6.38. The normalized spacial score (nSPS) is 18.9. The summed E-state index contributed by atoms with van der Waals surface area (Å²) in [6.45, 7) is 0.720. The van der Waals surface area contributed by atoms with E-state index in [-0.39, 0.29) is 5.54 Å². The second-order valence-corrected chi connectivity index (χ2v) is 5.89. The molecular weight excluding hydrogens is 278 g/mol. The van der Waals surface area contributed by atoms with Crippen molar-refractivity contribution in [3.63, 3.8) is 0 Å².